The Hall–Kier alpha value is -1.58. The lowest BCUT2D eigenvalue weighted by atomic mass is 10.3. The fraction of sp³-hybridized carbons (Fsp3) is 0.250. The topological polar surface area (TPSA) is 51.6 Å². The fourth-order valence-corrected chi connectivity index (χ4v) is 1.21. The lowest BCUT2D eigenvalue weighted by molar-refractivity contribution is 1.00. The molecule has 2 rings (SSSR count). The highest BCUT2D eigenvalue weighted by Gasteiger charge is 2.01. The van der Waals surface area contributed by atoms with Crippen LogP contribution in [0.5, 0.6) is 0 Å². The van der Waals surface area contributed by atoms with Gasteiger partial charge in [0.2, 0.25) is 0 Å². The molecule has 0 atom stereocenters. The summed E-state index contributed by atoms with van der Waals surface area (Å²) < 4.78 is 0. The molecule has 0 aliphatic heterocycles. The van der Waals surface area contributed by atoms with Crippen molar-refractivity contribution in [2.24, 2.45) is 0 Å². The molecule has 0 saturated heterocycles. The van der Waals surface area contributed by atoms with Crippen molar-refractivity contribution in [1.82, 2.24) is 20.2 Å². The first-order valence-corrected chi connectivity index (χ1v) is 3.69. The monoisotopic (exact) mass is 160 g/mol. The van der Waals surface area contributed by atoms with Gasteiger partial charge in [0, 0.05) is 5.69 Å². The standard InChI is InChI=1S/C8H8N4/c1-5-3-7-8(6(2)11-5)9-4-10-12-7/h3-4H,1-2H3. The predicted molar refractivity (Wildman–Crippen MR) is 44.6 cm³/mol. The van der Waals surface area contributed by atoms with Gasteiger partial charge >= 0.3 is 0 Å². The second-order valence-electron chi connectivity index (χ2n) is 2.68. The van der Waals surface area contributed by atoms with Gasteiger partial charge in [-0.3, -0.25) is 4.98 Å². The molecule has 0 spiro atoms. The van der Waals surface area contributed by atoms with E-state index in [1.165, 1.54) is 6.33 Å². The number of hydrogen-bond acceptors (Lipinski definition) is 4. The highest BCUT2D eigenvalue weighted by atomic mass is 15.1. The summed E-state index contributed by atoms with van der Waals surface area (Å²) in [7, 11) is 0. The summed E-state index contributed by atoms with van der Waals surface area (Å²) in [6, 6.07) is 1.88. The molecule has 4 nitrogen and oxygen atoms in total. The lowest BCUT2D eigenvalue weighted by Gasteiger charge is -1.98. The van der Waals surface area contributed by atoms with Crippen molar-refractivity contribution in [2.45, 2.75) is 13.8 Å². The largest absolute Gasteiger partial charge is 0.256 e. The third kappa shape index (κ3) is 1.01. The van der Waals surface area contributed by atoms with Crippen LogP contribution in [0.25, 0.3) is 11.0 Å². The van der Waals surface area contributed by atoms with Crippen molar-refractivity contribution in [3.05, 3.63) is 23.8 Å². The van der Waals surface area contributed by atoms with Gasteiger partial charge in [0.25, 0.3) is 0 Å². The van der Waals surface area contributed by atoms with Crippen LogP contribution in [0, 0.1) is 13.8 Å². The van der Waals surface area contributed by atoms with Gasteiger partial charge in [0.1, 0.15) is 17.4 Å². The van der Waals surface area contributed by atoms with Gasteiger partial charge in [0.05, 0.1) is 5.69 Å². The molecule has 0 saturated carbocycles. The van der Waals surface area contributed by atoms with E-state index in [-0.39, 0.29) is 0 Å². The van der Waals surface area contributed by atoms with Crippen LogP contribution in [0.3, 0.4) is 0 Å². The van der Waals surface area contributed by atoms with Crippen LogP contribution in [-0.2, 0) is 0 Å². The fourth-order valence-electron chi connectivity index (χ4n) is 1.21. The maximum atomic E-state index is 4.27. The maximum absolute atomic E-state index is 4.27. The van der Waals surface area contributed by atoms with Crippen molar-refractivity contribution < 1.29 is 0 Å². The van der Waals surface area contributed by atoms with Crippen LogP contribution in [0.15, 0.2) is 12.4 Å². The smallest absolute Gasteiger partial charge is 0.138 e. The van der Waals surface area contributed by atoms with E-state index in [1.54, 1.807) is 0 Å². The summed E-state index contributed by atoms with van der Waals surface area (Å²) in [6.07, 6.45) is 1.44. The molecule has 0 fully saturated rings. The first kappa shape index (κ1) is 7.09. The highest BCUT2D eigenvalue weighted by Crippen LogP contribution is 2.10. The van der Waals surface area contributed by atoms with Crippen LogP contribution >= 0.6 is 0 Å². The minimum Gasteiger partial charge on any atom is -0.256 e. The Labute approximate surface area is 69.7 Å². The van der Waals surface area contributed by atoms with Crippen molar-refractivity contribution in [3.8, 4) is 0 Å². The number of aryl methyl sites for hydroxylation is 2. The van der Waals surface area contributed by atoms with Gasteiger partial charge in [-0.1, -0.05) is 0 Å². The van der Waals surface area contributed by atoms with Gasteiger partial charge in [-0.15, -0.1) is 10.2 Å². The Morgan fingerprint density at radius 1 is 1.25 bits per heavy atom. The van der Waals surface area contributed by atoms with E-state index in [0.717, 1.165) is 22.4 Å². The molecule has 0 aromatic carbocycles. The molecule has 12 heavy (non-hydrogen) atoms. The van der Waals surface area contributed by atoms with E-state index in [4.69, 9.17) is 0 Å². The van der Waals surface area contributed by atoms with Gasteiger partial charge < -0.3 is 0 Å². The van der Waals surface area contributed by atoms with Crippen LogP contribution in [0.1, 0.15) is 11.4 Å². The molecule has 0 radical (unpaired) electrons. The summed E-state index contributed by atoms with van der Waals surface area (Å²) in [6.45, 7) is 3.85. The molecule has 4 heteroatoms. The normalized spacial score (nSPS) is 10.5. The molecule has 0 aliphatic rings. The van der Waals surface area contributed by atoms with Crippen LogP contribution in [-0.4, -0.2) is 20.2 Å². The van der Waals surface area contributed by atoms with E-state index >= 15 is 0 Å². The van der Waals surface area contributed by atoms with Gasteiger partial charge in [-0.05, 0) is 19.9 Å². The van der Waals surface area contributed by atoms with Crippen molar-refractivity contribution in [1.29, 1.82) is 0 Å². The van der Waals surface area contributed by atoms with E-state index < -0.39 is 0 Å². The molecule has 0 amide bonds. The number of fused-ring (bicyclic) bond motifs is 1. The summed E-state index contributed by atoms with van der Waals surface area (Å²) in [5.74, 6) is 0. The van der Waals surface area contributed by atoms with E-state index in [1.807, 2.05) is 19.9 Å². The Morgan fingerprint density at radius 3 is 2.92 bits per heavy atom. The Kier molecular flexibility index (Phi) is 1.46. The molecule has 2 aromatic rings. The van der Waals surface area contributed by atoms with E-state index in [2.05, 4.69) is 20.2 Å². The van der Waals surface area contributed by atoms with Crippen LogP contribution < -0.4 is 0 Å². The van der Waals surface area contributed by atoms with Crippen LogP contribution in [0.4, 0.5) is 0 Å². The van der Waals surface area contributed by atoms with Crippen molar-refractivity contribution in [2.75, 3.05) is 0 Å². The van der Waals surface area contributed by atoms with Gasteiger partial charge in [-0.2, -0.15) is 0 Å². The first-order chi connectivity index (χ1) is 5.77. The lowest BCUT2D eigenvalue weighted by Crippen LogP contribution is -1.93. The molecular formula is C8H8N4. The molecule has 0 bridgehead atoms. The average Bonchev–Trinajstić information content (AvgIpc) is 2.04. The predicted octanol–water partition coefficient (Wildman–Crippen LogP) is 1.04. The number of pyridine rings is 1. The zero-order valence-corrected chi connectivity index (χ0v) is 6.94. The van der Waals surface area contributed by atoms with Crippen molar-refractivity contribution >= 4 is 11.0 Å². The summed E-state index contributed by atoms with van der Waals surface area (Å²) in [5.41, 5.74) is 3.49. The number of rotatable bonds is 0. The van der Waals surface area contributed by atoms with Gasteiger partial charge in [-0.25, -0.2) is 4.98 Å². The summed E-state index contributed by atoms with van der Waals surface area (Å²) >= 11 is 0. The summed E-state index contributed by atoms with van der Waals surface area (Å²) in [5, 5.41) is 7.66. The quantitative estimate of drug-likeness (QED) is 0.577. The molecule has 2 heterocycles. The molecule has 60 valence electrons. The third-order valence-electron chi connectivity index (χ3n) is 1.68. The SMILES string of the molecule is Cc1cc2nncnc2c(C)n1. The Morgan fingerprint density at radius 2 is 2.08 bits per heavy atom. The minimum absolute atomic E-state index is 0.808. The second kappa shape index (κ2) is 2.48. The molecule has 0 aliphatic carbocycles. The Balaban J connectivity index is 2.89. The summed E-state index contributed by atoms with van der Waals surface area (Å²) in [4.78, 5) is 8.36. The zero-order chi connectivity index (χ0) is 8.55. The molecule has 2 aromatic heterocycles. The Bertz CT molecular complexity index is 424. The third-order valence-corrected chi connectivity index (χ3v) is 1.68. The number of aromatic nitrogens is 4. The molecule has 0 unspecified atom stereocenters. The van der Waals surface area contributed by atoms with Crippen LogP contribution in [0.2, 0.25) is 0 Å². The molecular weight excluding hydrogens is 152 g/mol. The highest BCUT2D eigenvalue weighted by molar-refractivity contribution is 5.75. The second-order valence-corrected chi connectivity index (χ2v) is 2.68. The number of hydrogen-bond donors (Lipinski definition) is 0. The maximum Gasteiger partial charge on any atom is 0.138 e. The average molecular weight is 160 g/mol. The van der Waals surface area contributed by atoms with Gasteiger partial charge in [0.15, 0.2) is 0 Å². The minimum atomic E-state index is 0.808. The molecule has 0 N–H and O–H groups in total. The van der Waals surface area contributed by atoms with Crippen molar-refractivity contribution in [3.63, 3.8) is 0 Å². The zero-order valence-electron chi connectivity index (χ0n) is 6.94. The van der Waals surface area contributed by atoms with E-state index in [0.29, 0.717) is 0 Å². The number of nitrogens with zero attached hydrogens (tertiary/aromatic N) is 4. The first-order valence-electron chi connectivity index (χ1n) is 3.69. The van der Waals surface area contributed by atoms with E-state index in [9.17, 15) is 0 Å².